The first-order valence-corrected chi connectivity index (χ1v) is 8.99. The molecule has 24 heavy (non-hydrogen) atoms. The molecule has 1 saturated heterocycles. The topological polar surface area (TPSA) is 50.8 Å². The van der Waals surface area contributed by atoms with Crippen LogP contribution in [0, 0.1) is 5.92 Å². The largest absolute Gasteiger partial charge is 0.494 e. The second kappa shape index (κ2) is 7.88. The van der Waals surface area contributed by atoms with E-state index in [0.29, 0.717) is 18.4 Å². The summed E-state index contributed by atoms with van der Waals surface area (Å²) in [7, 11) is 1.87. The maximum absolute atomic E-state index is 12.3. The van der Waals surface area contributed by atoms with Gasteiger partial charge in [0.25, 0.3) is 0 Å². The van der Waals surface area contributed by atoms with Crippen LogP contribution < -0.4 is 10.1 Å². The van der Waals surface area contributed by atoms with Gasteiger partial charge in [0.05, 0.1) is 13.2 Å². The van der Waals surface area contributed by atoms with E-state index in [4.69, 9.17) is 9.47 Å². The van der Waals surface area contributed by atoms with Crippen molar-refractivity contribution in [2.24, 2.45) is 5.92 Å². The molecule has 3 atom stereocenters. The molecule has 1 aliphatic heterocycles. The summed E-state index contributed by atoms with van der Waals surface area (Å²) in [6.07, 6.45) is 3.26. The van der Waals surface area contributed by atoms with E-state index >= 15 is 0 Å². The molecule has 0 bridgehead atoms. The number of nitrogens with zero attached hydrogens (tertiary/aromatic N) is 1. The Morgan fingerprint density at radius 2 is 2.17 bits per heavy atom. The zero-order valence-electron chi connectivity index (χ0n) is 14.7. The van der Waals surface area contributed by atoms with Crippen LogP contribution in [0.25, 0.3) is 0 Å². The summed E-state index contributed by atoms with van der Waals surface area (Å²) in [6, 6.07) is 8.49. The Balaban J connectivity index is 1.44. The van der Waals surface area contributed by atoms with Crippen molar-refractivity contribution < 1.29 is 14.3 Å². The third-order valence-corrected chi connectivity index (χ3v) is 4.85. The van der Waals surface area contributed by atoms with Gasteiger partial charge < -0.3 is 19.7 Å². The minimum Gasteiger partial charge on any atom is -0.494 e. The first kappa shape index (κ1) is 17.1. The smallest absolute Gasteiger partial charge is 0.317 e. The van der Waals surface area contributed by atoms with Gasteiger partial charge in [-0.1, -0.05) is 12.1 Å². The lowest BCUT2D eigenvalue weighted by Gasteiger charge is -2.27. The molecule has 1 aromatic rings. The summed E-state index contributed by atoms with van der Waals surface area (Å²) in [5, 5.41) is 3.15. The molecule has 2 amide bonds. The SMILES string of the molecule is CCOc1ccc([C@@H]2C[C@H]2NC(=O)N(C)CC2CCCOC2)cc1. The molecular formula is C19H28N2O3. The van der Waals surface area contributed by atoms with Crippen molar-refractivity contribution in [3.8, 4) is 5.75 Å². The third kappa shape index (κ3) is 4.41. The Bertz CT molecular complexity index is 540. The average Bonchev–Trinajstić information content (AvgIpc) is 3.36. The van der Waals surface area contributed by atoms with E-state index in [9.17, 15) is 4.79 Å². The molecule has 0 spiro atoms. The van der Waals surface area contributed by atoms with E-state index in [0.717, 1.165) is 44.8 Å². The number of carbonyl (C=O) groups is 1. The maximum Gasteiger partial charge on any atom is 0.317 e. The third-order valence-electron chi connectivity index (χ3n) is 4.85. The molecule has 2 aliphatic rings. The highest BCUT2D eigenvalue weighted by Crippen LogP contribution is 2.41. The molecule has 5 heteroatoms. The van der Waals surface area contributed by atoms with Gasteiger partial charge in [-0.25, -0.2) is 4.79 Å². The van der Waals surface area contributed by atoms with Crippen LogP contribution in [0.1, 0.15) is 37.7 Å². The molecule has 1 aromatic carbocycles. The van der Waals surface area contributed by atoms with Crippen LogP contribution in [0.15, 0.2) is 24.3 Å². The van der Waals surface area contributed by atoms with Gasteiger partial charge >= 0.3 is 6.03 Å². The lowest BCUT2D eigenvalue weighted by molar-refractivity contribution is 0.0457. The van der Waals surface area contributed by atoms with Crippen molar-refractivity contribution >= 4 is 6.03 Å². The maximum atomic E-state index is 12.3. The number of carbonyl (C=O) groups excluding carboxylic acids is 1. The quantitative estimate of drug-likeness (QED) is 0.871. The van der Waals surface area contributed by atoms with Crippen molar-refractivity contribution in [2.45, 2.75) is 38.1 Å². The summed E-state index contributed by atoms with van der Waals surface area (Å²) < 4.78 is 11.0. The molecule has 2 fully saturated rings. The fraction of sp³-hybridized carbons (Fsp3) is 0.632. The van der Waals surface area contributed by atoms with Crippen molar-refractivity contribution in [3.63, 3.8) is 0 Å². The Labute approximate surface area is 144 Å². The summed E-state index contributed by atoms with van der Waals surface area (Å²) in [6.45, 7) is 5.07. The van der Waals surface area contributed by atoms with E-state index in [1.165, 1.54) is 5.56 Å². The molecule has 1 saturated carbocycles. The monoisotopic (exact) mass is 332 g/mol. The average molecular weight is 332 g/mol. The molecule has 0 aromatic heterocycles. The van der Waals surface area contributed by atoms with E-state index in [1.54, 1.807) is 4.90 Å². The molecule has 132 valence electrons. The fourth-order valence-corrected chi connectivity index (χ4v) is 3.39. The van der Waals surface area contributed by atoms with Crippen LogP contribution in [-0.4, -0.2) is 50.4 Å². The lowest BCUT2D eigenvalue weighted by atomic mass is 10.0. The molecule has 1 aliphatic carbocycles. The van der Waals surface area contributed by atoms with Gasteiger partial charge in [0.15, 0.2) is 0 Å². The normalized spacial score (nSPS) is 25.8. The van der Waals surface area contributed by atoms with Crippen LogP contribution in [0.2, 0.25) is 0 Å². The second-order valence-electron chi connectivity index (χ2n) is 6.86. The number of ether oxygens (including phenoxy) is 2. The first-order valence-electron chi connectivity index (χ1n) is 8.99. The van der Waals surface area contributed by atoms with E-state index in [2.05, 4.69) is 17.4 Å². The zero-order valence-corrected chi connectivity index (χ0v) is 14.7. The van der Waals surface area contributed by atoms with Crippen LogP contribution in [-0.2, 0) is 4.74 Å². The van der Waals surface area contributed by atoms with E-state index < -0.39 is 0 Å². The van der Waals surface area contributed by atoms with Crippen LogP contribution >= 0.6 is 0 Å². The van der Waals surface area contributed by atoms with Crippen LogP contribution in [0.5, 0.6) is 5.75 Å². The lowest BCUT2D eigenvalue weighted by Crippen LogP contribution is -2.42. The highest BCUT2D eigenvalue weighted by atomic mass is 16.5. The molecular weight excluding hydrogens is 304 g/mol. The van der Waals surface area contributed by atoms with E-state index in [1.807, 2.05) is 26.1 Å². The minimum absolute atomic E-state index is 0.0269. The second-order valence-corrected chi connectivity index (χ2v) is 6.86. The number of rotatable bonds is 6. The Morgan fingerprint density at radius 1 is 1.38 bits per heavy atom. The highest BCUT2D eigenvalue weighted by molar-refractivity contribution is 5.75. The predicted molar refractivity (Wildman–Crippen MR) is 93.5 cm³/mol. The van der Waals surface area contributed by atoms with Gasteiger partial charge in [-0.3, -0.25) is 0 Å². The first-order chi connectivity index (χ1) is 11.7. The molecule has 1 N–H and O–H groups in total. The van der Waals surface area contributed by atoms with Gasteiger partial charge in [0.2, 0.25) is 0 Å². The summed E-state index contributed by atoms with van der Waals surface area (Å²) >= 11 is 0. The summed E-state index contributed by atoms with van der Waals surface area (Å²) in [4.78, 5) is 14.1. The number of amides is 2. The number of hydrogen-bond donors (Lipinski definition) is 1. The number of urea groups is 1. The van der Waals surface area contributed by atoms with Gasteiger partial charge in [-0.05, 0) is 43.9 Å². The Hall–Kier alpha value is -1.75. The molecule has 5 nitrogen and oxygen atoms in total. The highest BCUT2D eigenvalue weighted by Gasteiger charge is 2.40. The molecule has 1 unspecified atom stereocenters. The van der Waals surface area contributed by atoms with Crippen molar-refractivity contribution in [1.29, 1.82) is 0 Å². The van der Waals surface area contributed by atoms with Gasteiger partial charge in [0.1, 0.15) is 5.75 Å². The predicted octanol–water partition coefficient (Wildman–Crippen LogP) is 3.01. The van der Waals surface area contributed by atoms with Crippen molar-refractivity contribution in [2.75, 3.05) is 33.4 Å². The molecule has 1 heterocycles. The van der Waals surface area contributed by atoms with Crippen molar-refractivity contribution in [3.05, 3.63) is 29.8 Å². The van der Waals surface area contributed by atoms with Gasteiger partial charge in [0, 0.05) is 38.1 Å². The fourth-order valence-electron chi connectivity index (χ4n) is 3.39. The van der Waals surface area contributed by atoms with Gasteiger partial charge in [-0.2, -0.15) is 0 Å². The molecule has 0 radical (unpaired) electrons. The number of benzene rings is 1. The zero-order chi connectivity index (χ0) is 16.9. The Morgan fingerprint density at radius 3 is 2.83 bits per heavy atom. The van der Waals surface area contributed by atoms with E-state index in [-0.39, 0.29) is 12.1 Å². The van der Waals surface area contributed by atoms with Crippen LogP contribution in [0.3, 0.4) is 0 Å². The van der Waals surface area contributed by atoms with Gasteiger partial charge in [-0.15, -0.1) is 0 Å². The minimum atomic E-state index is 0.0269. The molecule has 3 rings (SSSR count). The Kier molecular flexibility index (Phi) is 5.61. The summed E-state index contributed by atoms with van der Waals surface area (Å²) in [5.74, 6) is 1.79. The van der Waals surface area contributed by atoms with Crippen molar-refractivity contribution in [1.82, 2.24) is 10.2 Å². The summed E-state index contributed by atoms with van der Waals surface area (Å²) in [5.41, 5.74) is 1.27. The number of hydrogen-bond acceptors (Lipinski definition) is 3. The number of nitrogens with one attached hydrogen (secondary N) is 1. The standard InChI is InChI=1S/C19H28N2O3/c1-3-24-16-8-6-15(7-9-16)17-11-18(17)20-19(22)21(2)12-14-5-4-10-23-13-14/h6-9,14,17-18H,3-5,10-13H2,1-2H3,(H,20,22)/t14?,17-,18+/m0/s1. The van der Waals surface area contributed by atoms with Crippen LogP contribution in [0.4, 0.5) is 4.79 Å².